The number of thioether (sulfide) groups is 1. The van der Waals surface area contributed by atoms with Gasteiger partial charge in [-0.05, 0) is 44.6 Å². The molecule has 0 amide bonds. The Labute approximate surface area is 172 Å². The molecule has 4 nitrogen and oxygen atoms in total. The standard InChI is InChI=1S/C21H24F3N3OS/c1-15-18(25-11-10-19(15)28-14-21(22,23)24)13-29-20-26-12-17(27-20)9-5-8-16-6-3-2-4-7-16/h2-4,6,10-12,16H,5,7-9,13-14H2,1H3,(H,26,27). The van der Waals surface area contributed by atoms with Gasteiger partial charge in [-0.25, -0.2) is 4.98 Å². The van der Waals surface area contributed by atoms with Crippen molar-refractivity contribution in [1.29, 1.82) is 0 Å². The van der Waals surface area contributed by atoms with E-state index in [0.717, 1.165) is 36.5 Å². The first-order valence-electron chi connectivity index (χ1n) is 9.55. The van der Waals surface area contributed by atoms with E-state index in [0.29, 0.717) is 22.9 Å². The number of allylic oxidation sites excluding steroid dienone is 4. The quantitative estimate of drug-likeness (QED) is 0.518. The highest BCUT2D eigenvalue weighted by Gasteiger charge is 2.28. The van der Waals surface area contributed by atoms with Crippen LogP contribution in [0.25, 0.3) is 0 Å². The van der Waals surface area contributed by atoms with Gasteiger partial charge in [0, 0.05) is 29.4 Å². The Morgan fingerprint density at radius 1 is 1.28 bits per heavy atom. The van der Waals surface area contributed by atoms with Crippen LogP contribution in [0.2, 0.25) is 0 Å². The Hall–Kier alpha value is -2.22. The van der Waals surface area contributed by atoms with Crippen molar-refractivity contribution in [2.24, 2.45) is 5.92 Å². The van der Waals surface area contributed by atoms with Crippen molar-refractivity contribution in [3.8, 4) is 5.75 Å². The van der Waals surface area contributed by atoms with Gasteiger partial charge in [-0.15, -0.1) is 0 Å². The largest absolute Gasteiger partial charge is 0.484 e. The van der Waals surface area contributed by atoms with E-state index in [1.165, 1.54) is 24.0 Å². The molecule has 3 rings (SSSR count). The molecule has 0 spiro atoms. The molecule has 0 bridgehead atoms. The maximum absolute atomic E-state index is 12.4. The maximum atomic E-state index is 12.4. The zero-order valence-corrected chi connectivity index (χ0v) is 17.0. The average Bonchev–Trinajstić information content (AvgIpc) is 3.14. The molecule has 0 saturated carbocycles. The first-order chi connectivity index (χ1) is 13.9. The summed E-state index contributed by atoms with van der Waals surface area (Å²) in [5.41, 5.74) is 2.39. The predicted octanol–water partition coefficient (Wildman–Crippen LogP) is 5.80. The van der Waals surface area contributed by atoms with Crippen LogP contribution in [0.5, 0.6) is 5.75 Å². The van der Waals surface area contributed by atoms with Crippen LogP contribution in [-0.2, 0) is 12.2 Å². The molecule has 0 aromatic carbocycles. The van der Waals surface area contributed by atoms with E-state index in [2.05, 4.69) is 39.3 Å². The van der Waals surface area contributed by atoms with Crippen molar-refractivity contribution in [2.75, 3.05) is 6.61 Å². The van der Waals surface area contributed by atoms with Crippen molar-refractivity contribution >= 4 is 11.8 Å². The first kappa shape index (κ1) is 21.5. The number of hydrogen-bond acceptors (Lipinski definition) is 4. The second-order valence-corrected chi connectivity index (χ2v) is 7.95. The van der Waals surface area contributed by atoms with Crippen LogP contribution in [0.3, 0.4) is 0 Å². The minimum absolute atomic E-state index is 0.208. The van der Waals surface area contributed by atoms with Crippen LogP contribution in [-0.4, -0.2) is 27.7 Å². The molecule has 29 heavy (non-hydrogen) atoms. The number of halogens is 3. The highest BCUT2D eigenvalue weighted by Crippen LogP contribution is 2.27. The van der Waals surface area contributed by atoms with E-state index in [4.69, 9.17) is 4.74 Å². The number of nitrogens with zero attached hydrogens (tertiary/aromatic N) is 2. The van der Waals surface area contributed by atoms with Crippen LogP contribution in [0.4, 0.5) is 13.2 Å². The van der Waals surface area contributed by atoms with Crippen LogP contribution in [0.1, 0.15) is 36.2 Å². The number of aryl methyl sites for hydroxylation is 1. The number of ether oxygens (including phenoxy) is 1. The number of aromatic nitrogens is 3. The Morgan fingerprint density at radius 2 is 2.14 bits per heavy atom. The number of pyridine rings is 1. The van der Waals surface area contributed by atoms with E-state index in [9.17, 15) is 13.2 Å². The second kappa shape index (κ2) is 10.0. The molecule has 8 heteroatoms. The zero-order chi connectivity index (χ0) is 20.7. The molecular weight excluding hydrogens is 399 g/mol. The molecule has 1 aliphatic carbocycles. The lowest BCUT2D eigenvalue weighted by atomic mass is 9.95. The average molecular weight is 424 g/mol. The van der Waals surface area contributed by atoms with E-state index in [1.54, 1.807) is 6.92 Å². The summed E-state index contributed by atoms with van der Waals surface area (Å²) in [5.74, 6) is 1.33. The normalized spacial score (nSPS) is 16.3. The van der Waals surface area contributed by atoms with Gasteiger partial charge in [0.1, 0.15) is 5.75 Å². The number of alkyl halides is 3. The minimum atomic E-state index is -4.36. The number of rotatable bonds is 9. The number of imidazole rings is 1. The predicted molar refractivity (Wildman–Crippen MR) is 108 cm³/mol. The van der Waals surface area contributed by atoms with Crippen LogP contribution in [0, 0.1) is 12.8 Å². The topological polar surface area (TPSA) is 50.8 Å². The van der Waals surface area contributed by atoms with Gasteiger partial charge in [0.25, 0.3) is 0 Å². The second-order valence-electron chi connectivity index (χ2n) is 6.99. The lowest BCUT2D eigenvalue weighted by Crippen LogP contribution is -2.19. The molecule has 1 unspecified atom stereocenters. The van der Waals surface area contributed by atoms with E-state index in [-0.39, 0.29) is 5.75 Å². The summed E-state index contributed by atoms with van der Waals surface area (Å²) >= 11 is 1.48. The molecular formula is C21H24F3N3OS. The molecule has 156 valence electrons. The molecule has 2 aromatic heterocycles. The lowest BCUT2D eigenvalue weighted by Gasteiger charge is -2.13. The summed E-state index contributed by atoms with van der Waals surface area (Å²) in [5, 5.41) is 0.781. The van der Waals surface area contributed by atoms with Crippen molar-refractivity contribution in [1.82, 2.24) is 15.0 Å². The Kier molecular flexibility index (Phi) is 7.41. The third-order valence-corrected chi connectivity index (χ3v) is 5.59. The number of hydrogen-bond donors (Lipinski definition) is 1. The molecule has 1 N–H and O–H groups in total. The fourth-order valence-electron chi connectivity index (χ4n) is 3.10. The third-order valence-electron chi connectivity index (χ3n) is 4.69. The van der Waals surface area contributed by atoms with Crippen LogP contribution in [0.15, 0.2) is 47.9 Å². The van der Waals surface area contributed by atoms with Gasteiger partial charge in [-0.2, -0.15) is 13.2 Å². The van der Waals surface area contributed by atoms with Gasteiger partial charge in [-0.1, -0.05) is 36.1 Å². The highest BCUT2D eigenvalue weighted by molar-refractivity contribution is 7.98. The smallest absolute Gasteiger partial charge is 0.422 e. The van der Waals surface area contributed by atoms with Crippen molar-refractivity contribution in [3.05, 3.63) is 59.7 Å². The number of H-pyrrole nitrogens is 1. The first-order valence-corrected chi connectivity index (χ1v) is 10.5. The van der Waals surface area contributed by atoms with E-state index >= 15 is 0 Å². The summed E-state index contributed by atoms with van der Waals surface area (Å²) in [6.07, 6.45) is 11.9. The summed E-state index contributed by atoms with van der Waals surface area (Å²) in [4.78, 5) is 12.0. The lowest BCUT2D eigenvalue weighted by molar-refractivity contribution is -0.153. The summed E-state index contributed by atoms with van der Waals surface area (Å²) in [6.45, 7) is 0.413. The molecule has 2 heterocycles. The monoisotopic (exact) mass is 423 g/mol. The summed E-state index contributed by atoms with van der Waals surface area (Å²) in [7, 11) is 0. The molecule has 2 aromatic rings. The molecule has 0 aliphatic heterocycles. The molecule has 1 aliphatic rings. The zero-order valence-electron chi connectivity index (χ0n) is 16.2. The number of aromatic amines is 1. The SMILES string of the molecule is Cc1c(OCC(F)(F)F)ccnc1CSc1ncc(CCCC2C=CC=CC2)[nH]1. The number of nitrogens with one attached hydrogen (secondary N) is 1. The minimum Gasteiger partial charge on any atom is -0.484 e. The van der Waals surface area contributed by atoms with E-state index < -0.39 is 12.8 Å². The van der Waals surface area contributed by atoms with Gasteiger partial charge in [0.15, 0.2) is 11.8 Å². The van der Waals surface area contributed by atoms with Crippen LogP contribution < -0.4 is 4.74 Å². The molecule has 0 fully saturated rings. The van der Waals surface area contributed by atoms with Gasteiger partial charge in [-0.3, -0.25) is 4.98 Å². The van der Waals surface area contributed by atoms with Crippen molar-refractivity contribution in [2.45, 2.75) is 49.7 Å². The van der Waals surface area contributed by atoms with E-state index in [1.807, 2.05) is 6.20 Å². The van der Waals surface area contributed by atoms with Gasteiger partial charge in [0.2, 0.25) is 0 Å². The molecule has 0 saturated heterocycles. The fraction of sp³-hybridized carbons (Fsp3) is 0.429. The summed E-state index contributed by atoms with van der Waals surface area (Å²) in [6, 6.07) is 1.46. The Bertz CT molecular complexity index is 861. The van der Waals surface area contributed by atoms with Crippen molar-refractivity contribution in [3.63, 3.8) is 0 Å². The van der Waals surface area contributed by atoms with Crippen molar-refractivity contribution < 1.29 is 17.9 Å². The Morgan fingerprint density at radius 3 is 2.90 bits per heavy atom. The Balaban J connectivity index is 1.48. The van der Waals surface area contributed by atoms with Gasteiger partial charge in [0.05, 0.1) is 5.69 Å². The maximum Gasteiger partial charge on any atom is 0.422 e. The van der Waals surface area contributed by atoms with Gasteiger partial charge < -0.3 is 9.72 Å². The van der Waals surface area contributed by atoms with Gasteiger partial charge >= 0.3 is 6.18 Å². The van der Waals surface area contributed by atoms with Crippen LogP contribution >= 0.6 is 11.8 Å². The fourth-order valence-corrected chi connectivity index (χ4v) is 3.99. The summed E-state index contributed by atoms with van der Waals surface area (Å²) < 4.78 is 42.0. The molecule has 1 atom stereocenters. The third kappa shape index (κ3) is 6.96. The molecule has 0 radical (unpaired) electrons. The highest BCUT2D eigenvalue weighted by atomic mass is 32.2.